The molecule has 1 aliphatic rings. The third-order valence-corrected chi connectivity index (χ3v) is 7.31. The minimum Gasteiger partial charge on any atom is -0.295 e. The van der Waals surface area contributed by atoms with Crippen LogP contribution in [0.2, 0.25) is 0 Å². The number of halogens is 2. The highest BCUT2D eigenvalue weighted by Crippen LogP contribution is 2.53. The molecule has 3 nitrogen and oxygen atoms in total. The SMILES string of the molecule is Cn1c(=O)n(C)c2cc(C(Br)C3(C)CCCC3)c(Br)cc21. The van der Waals surface area contributed by atoms with Gasteiger partial charge >= 0.3 is 5.69 Å². The predicted octanol–water partition coefficient (Wildman–Crippen LogP) is 4.66. The van der Waals surface area contributed by atoms with Crippen molar-refractivity contribution in [1.82, 2.24) is 9.13 Å². The molecule has 5 heteroatoms. The predicted molar refractivity (Wildman–Crippen MR) is 94.1 cm³/mol. The van der Waals surface area contributed by atoms with Crippen molar-refractivity contribution in [2.45, 2.75) is 37.4 Å². The molecule has 0 N–H and O–H groups in total. The van der Waals surface area contributed by atoms with Gasteiger partial charge in [-0.25, -0.2) is 4.79 Å². The van der Waals surface area contributed by atoms with Gasteiger partial charge in [-0.3, -0.25) is 9.13 Å². The maximum absolute atomic E-state index is 12.1. The van der Waals surface area contributed by atoms with Crippen molar-refractivity contribution in [2.24, 2.45) is 19.5 Å². The quantitative estimate of drug-likeness (QED) is 0.655. The van der Waals surface area contributed by atoms with E-state index in [9.17, 15) is 4.79 Å². The van der Waals surface area contributed by atoms with Crippen molar-refractivity contribution >= 4 is 42.9 Å². The van der Waals surface area contributed by atoms with Crippen LogP contribution in [0.25, 0.3) is 11.0 Å². The van der Waals surface area contributed by atoms with E-state index >= 15 is 0 Å². The van der Waals surface area contributed by atoms with Crippen LogP contribution in [0.5, 0.6) is 0 Å². The van der Waals surface area contributed by atoms with Crippen molar-refractivity contribution in [1.29, 1.82) is 0 Å². The van der Waals surface area contributed by atoms with Crippen molar-refractivity contribution in [3.05, 3.63) is 32.7 Å². The summed E-state index contributed by atoms with van der Waals surface area (Å²) in [6.07, 6.45) is 5.12. The summed E-state index contributed by atoms with van der Waals surface area (Å²) in [7, 11) is 3.66. The third-order valence-electron chi connectivity index (χ3n) is 5.02. The summed E-state index contributed by atoms with van der Waals surface area (Å²) in [5.74, 6) is 0. The minimum atomic E-state index is 0.0206. The first-order valence-electron chi connectivity index (χ1n) is 7.34. The van der Waals surface area contributed by atoms with Crippen LogP contribution in [0.3, 0.4) is 0 Å². The van der Waals surface area contributed by atoms with Crippen molar-refractivity contribution < 1.29 is 0 Å². The second kappa shape index (κ2) is 5.27. The lowest BCUT2D eigenvalue weighted by Gasteiger charge is -2.31. The summed E-state index contributed by atoms with van der Waals surface area (Å²) in [5, 5.41) is 0. The average Bonchev–Trinajstić information content (AvgIpc) is 2.98. The second-order valence-electron chi connectivity index (χ2n) is 6.49. The minimum absolute atomic E-state index is 0.0206. The monoisotopic (exact) mass is 414 g/mol. The maximum Gasteiger partial charge on any atom is 0.328 e. The summed E-state index contributed by atoms with van der Waals surface area (Å²) in [6, 6.07) is 4.22. The second-order valence-corrected chi connectivity index (χ2v) is 8.26. The fourth-order valence-corrected chi connectivity index (χ4v) is 5.25. The number of imidazole rings is 1. The largest absolute Gasteiger partial charge is 0.328 e. The van der Waals surface area contributed by atoms with Crippen molar-refractivity contribution in [2.75, 3.05) is 0 Å². The van der Waals surface area contributed by atoms with Crippen LogP contribution in [0.15, 0.2) is 21.4 Å². The molecule has 1 heterocycles. The Balaban J connectivity index is 2.17. The van der Waals surface area contributed by atoms with Crippen molar-refractivity contribution in [3.8, 4) is 0 Å². The summed E-state index contributed by atoms with van der Waals surface area (Å²) >= 11 is 7.63. The van der Waals surface area contributed by atoms with Gasteiger partial charge < -0.3 is 0 Å². The molecule has 1 fully saturated rings. The molecule has 0 amide bonds. The van der Waals surface area contributed by atoms with Crippen molar-refractivity contribution in [3.63, 3.8) is 0 Å². The summed E-state index contributed by atoms with van der Waals surface area (Å²) in [5.41, 5.74) is 3.52. The molecule has 1 aromatic heterocycles. The van der Waals surface area contributed by atoms with E-state index in [4.69, 9.17) is 0 Å². The molecule has 0 spiro atoms. The molecular formula is C16H20Br2N2O. The Morgan fingerprint density at radius 3 is 2.24 bits per heavy atom. The van der Waals surface area contributed by atoms with E-state index in [1.54, 1.807) is 9.13 Å². The molecule has 0 radical (unpaired) electrons. The van der Waals surface area contributed by atoms with Gasteiger partial charge in [0.15, 0.2) is 0 Å². The van der Waals surface area contributed by atoms with Gasteiger partial charge in [-0.15, -0.1) is 0 Å². The number of benzene rings is 1. The van der Waals surface area contributed by atoms with Gasteiger partial charge in [0.2, 0.25) is 0 Å². The van der Waals surface area contributed by atoms with E-state index in [1.165, 1.54) is 31.2 Å². The smallest absolute Gasteiger partial charge is 0.295 e. The number of hydrogen-bond acceptors (Lipinski definition) is 1. The molecule has 1 unspecified atom stereocenters. The lowest BCUT2D eigenvalue weighted by Crippen LogP contribution is -2.19. The van der Waals surface area contributed by atoms with Gasteiger partial charge in [0.25, 0.3) is 0 Å². The van der Waals surface area contributed by atoms with E-state index < -0.39 is 0 Å². The third kappa shape index (κ3) is 2.33. The molecule has 114 valence electrons. The maximum atomic E-state index is 12.1. The molecular weight excluding hydrogens is 396 g/mol. The Kier molecular flexibility index (Phi) is 3.85. The van der Waals surface area contributed by atoms with Crippen LogP contribution in [0.4, 0.5) is 0 Å². The van der Waals surface area contributed by atoms with E-state index in [2.05, 4.69) is 50.9 Å². The number of alkyl halides is 1. The zero-order valence-corrected chi connectivity index (χ0v) is 15.8. The van der Waals surface area contributed by atoms with Crippen LogP contribution in [-0.4, -0.2) is 9.13 Å². The van der Waals surface area contributed by atoms with Gasteiger partial charge in [-0.2, -0.15) is 0 Å². The molecule has 0 saturated heterocycles. The topological polar surface area (TPSA) is 26.9 Å². The van der Waals surface area contributed by atoms with Crippen LogP contribution >= 0.6 is 31.9 Å². The first kappa shape index (κ1) is 15.3. The molecule has 2 aromatic rings. The van der Waals surface area contributed by atoms with Crippen LogP contribution in [0.1, 0.15) is 43.0 Å². The molecule has 1 aromatic carbocycles. The van der Waals surface area contributed by atoms with Gasteiger partial charge in [-0.05, 0) is 36.0 Å². The fourth-order valence-electron chi connectivity index (χ4n) is 3.54. The Morgan fingerprint density at radius 1 is 1.14 bits per heavy atom. The number of nitrogens with zero attached hydrogens (tertiary/aromatic N) is 2. The molecule has 21 heavy (non-hydrogen) atoms. The molecule has 0 bridgehead atoms. The Hall–Kier alpha value is -0.550. The lowest BCUT2D eigenvalue weighted by molar-refractivity contribution is 0.331. The fraction of sp³-hybridized carbons (Fsp3) is 0.562. The molecule has 1 saturated carbocycles. The number of hydrogen-bond donors (Lipinski definition) is 0. The average molecular weight is 416 g/mol. The van der Waals surface area contributed by atoms with E-state index in [-0.39, 0.29) is 5.69 Å². The standard InChI is InChI=1S/C16H20Br2N2O/c1-16(6-4-5-7-16)14(18)10-8-12-13(9-11(10)17)20(3)15(21)19(12)2/h8-9,14H,4-7H2,1-3H3. The van der Waals surface area contributed by atoms with Gasteiger partial charge in [0.05, 0.1) is 11.0 Å². The van der Waals surface area contributed by atoms with Gasteiger partial charge in [-0.1, -0.05) is 51.6 Å². The van der Waals surface area contributed by atoms with Crippen LogP contribution < -0.4 is 5.69 Å². The summed E-state index contributed by atoms with van der Waals surface area (Å²) < 4.78 is 4.50. The molecule has 1 atom stereocenters. The Labute approximate surface area is 141 Å². The highest BCUT2D eigenvalue weighted by atomic mass is 79.9. The summed E-state index contributed by atoms with van der Waals surface area (Å²) in [6.45, 7) is 2.36. The highest BCUT2D eigenvalue weighted by Gasteiger charge is 2.37. The first-order chi connectivity index (χ1) is 9.85. The zero-order valence-electron chi connectivity index (χ0n) is 12.6. The Morgan fingerprint density at radius 2 is 1.67 bits per heavy atom. The normalized spacial score (nSPS) is 19.3. The number of fused-ring (bicyclic) bond motifs is 1. The number of aryl methyl sites for hydroxylation is 2. The zero-order chi connectivity index (χ0) is 15.4. The first-order valence-corrected chi connectivity index (χ1v) is 9.05. The summed E-state index contributed by atoms with van der Waals surface area (Å²) in [4.78, 5) is 12.4. The Bertz CT molecular complexity index is 754. The van der Waals surface area contributed by atoms with Gasteiger partial charge in [0, 0.05) is 23.4 Å². The van der Waals surface area contributed by atoms with Gasteiger partial charge in [0.1, 0.15) is 0 Å². The lowest BCUT2D eigenvalue weighted by atomic mass is 9.82. The number of aromatic nitrogens is 2. The van der Waals surface area contributed by atoms with E-state index in [1.807, 2.05) is 14.1 Å². The molecule has 3 rings (SSSR count). The highest BCUT2D eigenvalue weighted by molar-refractivity contribution is 9.11. The van der Waals surface area contributed by atoms with E-state index in [0.29, 0.717) is 10.2 Å². The molecule has 0 aliphatic heterocycles. The molecule has 1 aliphatic carbocycles. The number of rotatable bonds is 2. The van der Waals surface area contributed by atoms with Crippen LogP contribution in [-0.2, 0) is 14.1 Å². The van der Waals surface area contributed by atoms with Crippen LogP contribution in [0, 0.1) is 5.41 Å². The van der Waals surface area contributed by atoms with E-state index in [0.717, 1.165) is 15.5 Å².